The molecule has 0 aliphatic carbocycles. The number of ether oxygens (including phenoxy) is 1. The van der Waals surface area contributed by atoms with Crippen LogP contribution in [0, 0.1) is 11.7 Å². The van der Waals surface area contributed by atoms with Crippen LogP contribution < -0.4 is 43.1 Å². The number of amides is 5. The Hall–Kier alpha value is -6.59. The van der Waals surface area contributed by atoms with E-state index in [4.69, 9.17) is 16.2 Å². The van der Waals surface area contributed by atoms with Gasteiger partial charge in [0.05, 0.1) is 17.2 Å². The Balaban J connectivity index is 1.34. The van der Waals surface area contributed by atoms with Crippen LogP contribution in [0.3, 0.4) is 0 Å². The average molecular weight is 792 g/mol. The molecule has 5 amide bonds. The van der Waals surface area contributed by atoms with Crippen LogP contribution >= 0.6 is 0 Å². The molecule has 57 heavy (non-hydrogen) atoms. The summed E-state index contributed by atoms with van der Waals surface area (Å²) in [5.41, 5.74) is 12.3. The van der Waals surface area contributed by atoms with Gasteiger partial charge in [-0.25, -0.2) is 18.8 Å². The molecule has 1 aliphatic rings. The second-order valence-corrected chi connectivity index (χ2v) is 13.7. The third-order valence-electron chi connectivity index (χ3n) is 9.22. The minimum absolute atomic E-state index is 0.0197. The van der Waals surface area contributed by atoms with Crippen molar-refractivity contribution in [3.8, 4) is 0 Å². The van der Waals surface area contributed by atoms with Crippen molar-refractivity contribution in [2.45, 2.75) is 59.4 Å². The molecule has 2 atom stereocenters. The highest BCUT2D eigenvalue weighted by Gasteiger charge is 2.26. The minimum Gasteiger partial charge on any atom is -0.477 e. The third kappa shape index (κ3) is 11.7. The lowest BCUT2D eigenvalue weighted by Crippen LogP contribution is -2.49. The van der Waals surface area contributed by atoms with E-state index in [1.165, 1.54) is 30.3 Å². The van der Waals surface area contributed by atoms with Crippen LogP contribution in [0.5, 0.6) is 0 Å². The van der Waals surface area contributed by atoms with Crippen LogP contribution in [0.2, 0.25) is 0 Å². The molecule has 18 heteroatoms. The van der Waals surface area contributed by atoms with Gasteiger partial charge in [-0.05, 0) is 49.1 Å². The smallest absolute Gasteiger partial charge is 0.410 e. The number of anilines is 2. The number of aryl methyl sites for hydroxylation is 1. The monoisotopic (exact) mass is 791 g/mol. The number of primary amides is 1. The number of fused-ring (bicyclic) bond motifs is 1. The first kappa shape index (κ1) is 43.1. The van der Waals surface area contributed by atoms with Crippen LogP contribution in [0.1, 0.15) is 50.0 Å². The van der Waals surface area contributed by atoms with E-state index in [0.29, 0.717) is 48.5 Å². The summed E-state index contributed by atoms with van der Waals surface area (Å²) in [6.45, 7) is 8.66. The number of halogens is 1. The Kier molecular flexibility index (Phi) is 15.0. The number of aromatic nitrogens is 1. The van der Waals surface area contributed by atoms with Gasteiger partial charge in [-0.3, -0.25) is 14.4 Å². The van der Waals surface area contributed by atoms with E-state index in [2.05, 4.69) is 21.3 Å². The largest absolute Gasteiger partial charge is 0.477 e. The zero-order valence-electron chi connectivity index (χ0n) is 32.3. The molecule has 17 nitrogen and oxygen atoms in total. The topological polar surface area (TPSA) is 243 Å². The van der Waals surface area contributed by atoms with Crippen molar-refractivity contribution in [1.29, 1.82) is 0 Å². The molecule has 306 valence electrons. The summed E-state index contributed by atoms with van der Waals surface area (Å²) >= 11 is 0. The summed E-state index contributed by atoms with van der Waals surface area (Å²) in [5.74, 6) is -2.74. The van der Waals surface area contributed by atoms with Gasteiger partial charge in [-0.2, -0.15) is 0 Å². The van der Waals surface area contributed by atoms with Gasteiger partial charge < -0.3 is 56.9 Å². The SMILES string of the molecule is CCn1cc(C(=O)O)c(=O)c2cc(F)c(N3CCN(C(=O)OCc4ccc(NC(=O)C(/C=C/CCNC(N)=O)N/C=C(\N)[C@@H](NC(C)=O)C(C)C)cc4)CC3)cc21. The molecule has 3 aromatic rings. The predicted molar refractivity (Wildman–Crippen MR) is 213 cm³/mol. The fraction of sp³-hybridized carbons (Fsp3) is 0.385. The van der Waals surface area contributed by atoms with Crippen molar-refractivity contribution in [2.24, 2.45) is 17.4 Å². The van der Waals surface area contributed by atoms with Crippen molar-refractivity contribution in [1.82, 2.24) is 25.4 Å². The zero-order chi connectivity index (χ0) is 41.8. The van der Waals surface area contributed by atoms with E-state index in [1.54, 1.807) is 52.8 Å². The minimum atomic E-state index is -1.38. The number of carboxylic acid groups (broad SMARTS) is 1. The van der Waals surface area contributed by atoms with Crippen LogP contribution in [-0.2, 0) is 27.5 Å². The molecule has 9 N–H and O–H groups in total. The number of urea groups is 1. The number of aromatic carboxylic acids is 1. The number of hydrogen-bond donors (Lipinski definition) is 7. The van der Waals surface area contributed by atoms with E-state index in [9.17, 15) is 33.9 Å². The van der Waals surface area contributed by atoms with Crippen molar-refractivity contribution in [3.05, 3.63) is 93.8 Å². The molecule has 0 saturated carbocycles. The first-order chi connectivity index (χ1) is 27.1. The summed E-state index contributed by atoms with van der Waals surface area (Å²) < 4.78 is 22.4. The summed E-state index contributed by atoms with van der Waals surface area (Å²) in [5, 5.41) is 20.5. The van der Waals surface area contributed by atoms with Crippen molar-refractivity contribution < 1.29 is 38.2 Å². The Morgan fingerprint density at radius 1 is 1.04 bits per heavy atom. The van der Waals surface area contributed by atoms with E-state index in [1.807, 2.05) is 13.8 Å². The number of nitrogens with zero attached hydrogens (tertiary/aromatic N) is 3. The number of rotatable bonds is 16. The zero-order valence-corrected chi connectivity index (χ0v) is 32.3. The van der Waals surface area contributed by atoms with Crippen molar-refractivity contribution >= 4 is 52.2 Å². The van der Waals surface area contributed by atoms with Gasteiger partial charge in [0.1, 0.15) is 24.0 Å². The number of carbonyl (C=O) groups is 5. The molecule has 1 aromatic heterocycles. The summed E-state index contributed by atoms with van der Waals surface area (Å²) in [6.07, 6.45) is 5.90. The summed E-state index contributed by atoms with van der Waals surface area (Å²) in [7, 11) is 0. The van der Waals surface area contributed by atoms with Crippen LogP contribution in [0.15, 0.2) is 71.4 Å². The summed E-state index contributed by atoms with van der Waals surface area (Å²) in [6, 6.07) is 7.31. The first-order valence-electron chi connectivity index (χ1n) is 18.4. The second kappa shape index (κ2) is 19.8. The van der Waals surface area contributed by atoms with Gasteiger partial charge in [0, 0.05) is 75.4 Å². The number of pyridine rings is 1. The average Bonchev–Trinajstić information content (AvgIpc) is 3.17. The lowest BCUT2D eigenvalue weighted by atomic mass is 10.0. The molecule has 0 spiro atoms. The molecular formula is C39H50FN9O8. The molecule has 0 bridgehead atoms. The van der Waals surface area contributed by atoms with Gasteiger partial charge in [-0.15, -0.1) is 0 Å². The lowest BCUT2D eigenvalue weighted by Gasteiger charge is -2.35. The fourth-order valence-electron chi connectivity index (χ4n) is 6.19. The molecular weight excluding hydrogens is 741 g/mol. The summed E-state index contributed by atoms with van der Waals surface area (Å²) in [4.78, 5) is 76.5. The van der Waals surface area contributed by atoms with Gasteiger partial charge in [0.2, 0.25) is 11.3 Å². The quantitative estimate of drug-likeness (QED) is 0.0822. The van der Waals surface area contributed by atoms with Gasteiger partial charge in [-0.1, -0.05) is 38.1 Å². The lowest BCUT2D eigenvalue weighted by molar-refractivity contribution is -0.120. The van der Waals surface area contributed by atoms with Gasteiger partial charge in [0.15, 0.2) is 0 Å². The molecule has 1 unspecified atom stereocenters. The predicted octanol–water partition coefficient (Wildman–Crippen LogP) is 2.79. The number of benzene rings is 2. The van der Waals surface area contributed by atoms with Gasteiger partial charge >= 0.3 is 18.1 Å². The highest BCUT2D eigenvalue weighted by molar-refractivity contribution is 5.96. The highest BCUT2D eigenvalue weighted by atomic mass is 19.1. The number of piperazine rings is 1. The Morgan fingerprint density at radius 3 is 2.32 bits per heavy atom. The van der Waals surface area contributed by atoms with Crippen molar-refractivity contribution in [3.63, 3.8) is 0 Å². The maximum Gasteiger partial charge on any atom is 0.410 e. The number of carbonyl (C=O) groups excluding carboxylic acids is 4. The van der Waals surface area contributed by atoms with E-state index < -0.39 is 52.9 Å². The molecule has 2 aromatic carbocycles. The number of nitrogens with one attached hydrogen (secondary N) is 4. The van der Waals surface area contributed by atoms with E-state index in [0.717, 1.165) is 6.07 Å². The molecule has 2 heterocycles. The number of hydrogen-bond acceptors (Lipinski definition) is 10. The Labute approximate surface area is 328 Å². The molecule has 1 saturated heterocycles. The molecule has 0 radical (unpaired) electrons. The third-order valence-corrected chi connectivity index (χ3v) is 9.22. The fourth-order valence-corrected chi connectivity index (χ4v) is 6.19. The highest BCUT2D eigenvalue weighted by Crippen LogP contribution is 2.27. The Bertz CT molecular complexity index is 2080. The normalized spacial score (nSPS) is 14.3. The standard InChI is InChI=1S/C39H50FN9O8/c1-5-47-21-28(37(53)54)35(51)27-18-29(40)33(19-32(27)47)48-14-16-49(17-15-48)39(56)57-22-25-9-11-26(12-10-25)46-36(52)31(8-6-7-13-43-38(42)55)44-20-30(41)34(23(2)3)45-24(4)50/h6,8-12,18-21,23,31,34,44H,5,7,13-17,22,41H2,1-4H3,(H,45,50)(H,46,52)(H,53,54)(H3,42,43,55)/b8-6+,30-20-/t31?,34-/m0/s1. The van der Waals surface area contributed by atoms with Crippen LogP contribution in [0.25, 0.3) is 10.9 Å². The molecule has 1 fully saturated rings. The van der Waals surface area contributed by atoms with E-state index in [-0.39, 0.29) is 49.1 Å². The molecule has 1 aliphatic heterocycles. The maximum atomic E-state index is 15.3. The van der Waals surface area contributed by atoms with Crippen molar-refractivity contribution in [2.75, 3.05) is 42.9 Å². The maximum absolute atomic E-state index is 15.3. The first-order valence-corrected chi connectivity index (χ1v) is 18.4. The van der Waals surface area contributed by atoms with Crippen LogP contribution in [0.4, 0.5) is 25.4 Å². The number of carboxylic acids is 1. The molecule has 4 rings (SSSR count). The van der Waals surface area contributed by atoms with Gasteiger partial charge in [0.25, 0.3) is 5.91 Å². The second-order valence-electron chi connectivity index (χ2n) is 13.7. The van der Waals surface area contributed by atoms with Crippen LogP contribution in [-0.4, -0.2) is 89.3 Å². The van der Waals surface area contributed by atoms with E-state index >= 15 is 4.39 Å². The number of nitrogens with two attached hydrogens (primary N) is 2. The Morgan fingerprint density at radius 2 is 1.72 bits per heavy atom.